The summed E-state index contributed by atoms with van der Waals surface area (Å²) in [5.41, 5.74) is 4.28. The Balaban J connectivity index is 2.04. The second-order valence-corrected chi connectivity index (χ2v) is 5.11. The highest BCUT2D eigenvalue weighted by Gasteiger charge is 2.07. The van der Waals surface area contributed by atoms with Crippen molar-refractivity contribution < 1.29 is 4.39 Å². The van der Waals surface area contributed by atoms with Gasteiger partial charge in [-0.25, -0.2) is 4.39 Å². The third-order valence-corrected chi connectivity index (χ3v) is 3.34. The SMILES string of the molecule is Cc1cccc([C@@H](C)NCc2cc(C)ccc2F)c1. The van der Waals surface area contributed by atoms with Gasteiger partial charge in [0.15, 0.2) is 0 Å². The zero-order valence-corrected chi connectivity index (χ0v) is 11.7. The number of halogens is 1. The van der Waals surface area contributed by atoms with Crippen molar-refractivity contribution in [3.05, 3.63) is 70.5 Å². The standard InChI is InChI=1S/C17H20FN/c1-12-5-4-6-15(9-12)14(3)19-11-16-10-13(2)7-8-17(16)18/h4-10,14,19H,11H2,1-3H3/t14-/m1/s1. The summed E-state index contributed by atoms with van der Waals surface area (Å²) in [6, 6.07) is 13.8. The van der Waals surface area contributed by atoms with Crippen LogP contribution in [0.1, 0.15) is 35.2 Å². The van der Waals surface area contributed by atoms with Crippen molar-refractivity contribution in [2.24, 2.45) is 0 Å². The minimum absolute atomic E-state index is 0.144. The Hall–Kier alpha value is -1.67. The van der Waals surface area contributed by atoms with Gasteiger partial charge in [0, 0.05) is 18.2 Å². The van der Waals surface area contributed by atoms with Crippen LogP contribution >= 0.6 is 0 Å². The van der Waals surface area contributed by atoms with Gasteiger partial charge in [-0.15, -0.1) is 0 Å². The van der Waals surface area contributed by atoms with Gasteiger partial charge in [-0.05, 0) is 32.4 Å². The molecule has 0 aliphatic carbocycles. The molecule has 1 N–H and O–H groups in total. The molecule has 0 fully saturated rings. The molecule has 0 spiro atoms. The molecule has 2 heteroatoms. The molecule has 0 bridgehead atoms. The van der Waals surface area contributed by atoms with Crippen LogP contribution in [0.25, 0.3) is 0 Å². The summed E-state index contributed by atoms with van der Waals surface area (Å²) in [5.74, 6) is -0.144. The molecule has 100 valence electrons. The fourth-order valence-corrected chi connectivity index (χ4v) is 2.16. The monoisotopic (exact) mass is 257 g/mol. The van der Waals surface area contributed by atoms with Gasteiger partial charge in [-0.3, -0.25) is 0 Å². The average Bonchev–Trinajstić information content (AvgIpc) is 2.39. The molecule has 0 unspecified atom stereocenters. The van der Waals surface area contributed by atoms with Gasteiger partial charge >= 0.3 is 0 Å². The quantitative estimate of drug-likeness (QED) is 0.861. The van der Waals surface area contributed by atoms with Crippen LogP contribution in [0.15, 0.2) is 42.5 Å². The summed E-state index contributed by atoms with van der Waals surface area (Å²) in [5, 5.41) is 3.37. The number of benzene rings is 2. The maximum absolute atomic E-state index is 13.6. The highest BCUT2D eigenvalue weighted by Crippen LogP contribution is 2.16. The number of nitrogens with one attached hydrogen (secondary N) is 1. The van der Waals surface area contributed by atoms with Crippen LogP contribution in [0.2, 0.25) is 0 Å². The van der Waals surface area contributed by atoms with Crippen molar-refractivity contribution in [2.45, 2.75) is 33.4 Å². The zero-order valence-electron chi connectivity index (χ0n) is 11.7. The van der Waals surface area contributed by atoms with Crippen molar-refractivity contribution in [1.82, 2.24) is 5.32 Å². The number of aryl methyl sites for hydroxylation is 2. The van der Waals surface area contributed by atoms with Crippen LogP contribution in [-0.4, -0.2) is 0 Å². The second-order valence-electron chi connectivity index (χ2n) is 5.11. The van der Waals surface area contributed by atoms with Crippen LogP contribution in [0.4, 0.5) is 4.39 Å². The molecule has 2 aromatic carbocycles. The van der Waals surface area contributed by atoms with E-state index in [1.807, 2.05) is 13.0 Å². The molecule has 0 heterocycles. The van der Waals surface area contributed by atoms with E-state index in [0.29, 0.717) is 6.54 Å². The lowest BCUT2D eigenvalue weighted by Gasteiger charge is -2.15. The van der Waals surface area contributed by atoms with E-state index in [2.05, 4.69) is 43.4 Å². The molecule has 0 amide bonds. The number of hydrogen-bond donors (Lipinski definition) is 1. The third kappa shape index (κ3) is 3.65. The van der Waals surface area contributed by atoms with E-state index >= 15 is 0 Å². The molecule has 0 aromatic heterocycles. The van der Waals surface area contributed by atoms with Gasteiger partial charge in [0.05, 0.1) is 0 Å². The molecule has 1 nitrogen and oxygen atoms in total. The highest BCUT2D eigenvalue weighted by molar-refractivity contribution is 5.26. The maximum atomic E-state index is 13.6. The molecule has 2 rings (SSSR count). The summed E-state index contributed by atoms with van der Waals surface area (Å²) in [4.78, 5) is 0. The van der Waals surface area contributed by atoms with Crippen LogP contribution < -0.4 is 5.32 Å². The van der Waals surface area contributed by atoms with Crippen LogP contribution in [0.3, 0.4) is 0 Å². The maximum Gasteiger partial charge on any atom is 0.127 e. The van der Waals surface area contributed by atoms with E-state index in [4.69, 9.17) is 0 Å². The van der Waals surface area contributed by atoms with E-state index in [1.165, 1.54) is 17.2 Å². The Morgan fingerprint density at radius 1 is 1.05 bits per heavy atom. The van der Waals surface area contributed by atoms with Crippen LogP contribution in [0, 0.1) is 19.7 Å². The molecular formula is C17H20FN. The van der Waals surface area contributed by atoms with Gasteiger partial charge in [-0.2, -0.15) is 0 Å². The van der Waals surface area contributed by atoms with Crippen molar-refractivity contribution in [1.29, 1.82) is 0 Å². The largest absolute Gasteiger partial charge is 0.306 e. The van der Waals surface area contributed by atoms with Gasteiger partial charge in [0.2, 0.25) is 0 Å². The first kappa shape index (κ1) is 13.8. The summed E-state index contributed by atoms with van der Waals surface area (Å²) in [7, 11) is 0. The van der Waals surface area contributed by atoms with E-state index in [-0.39, 0.29) is 11.9 Å². The lowest BCUT2D eigenvalue weighted by atomic mass is 10.1. The molecule has 0 radical (unpaired) electrons. The minimum atomic E-state index is -0.144. The third-order valence-electron chi connectivity index (χ3n) is 3.34. The smallest absolute Gasteiger partial charge is 0.127 e. The van der Waals surface area contributed by atoms with Crippen molar-refractivity contribution >= 4 is 0 Å². The predicted molar refractivity (Wildman–Crippen MR) is 77.6 cm³/mol. The second kappa shape index (κ2) is 5.98. The fraction of sp³-hybridized carbons (Fsp3) is 0.294. The van der Waals surface area contributed by atoms with Gasteiger partial charge in [-0.1, -0.05) is 47.5 Å². The summed E-state index contributed by atoms with van der Waals surface area (Å²) < 4.78 is 13.6. The first-order chi connectivity index (χ1) is 9.06. The molecule has 1 atom stereocenters. The number of hydrogen-bond acceptors (Lipinski definition) is 1. The van der Waals surface area contributed by atoms with E-state index in [1.54, 1.807) is 6.07 Å². The fourth-order valence-electron chi connectivity index (χ4n) is 2.16. The molecule has 0 saturated heterocycles. The van der Waals surface area contributed by atoms with Crippen molar-refractivity contribution in [3.63, 3.8) is 0 Å². The molecular weight excluding hydrogens is 237 g/mol. The lowest BCUT2D eigenvalue weighted by Crippen LogP contribution is -2.19. The molecule has 19 heavy (non-hydrogen) atoms. The van der Waals surface area contributed by atoms with Crippen LogP contribution in [0.5, 0.6) is 0 Å². The Morgan fingerprint density at radius 3 is 2.53 bits per heavy atom. The predicted octanol–water partition coefficient (Wildman–Crippen LogP) is 4.29. The van der Waals surface area contributed by atoms with E-state index in [0.717, 1.165) is 11.1 Å². The van der Waals surface area contributed by atoms with E-state index in [9.17, 15) is 4.39 Å². The van der Waals surface area contributed by atoms with Gasteiger partial charge < -0.3 is 5.32 Å². The lowest BCUT2D eigenvalue weighted by molar-refractivity contribution is 0.543. The van der Waals surface area contributed by atoms with Gasteiger partial charge in [0.25, 0.3) is 0 Å². The normalized spacial score (nSPS) is 12.4. The highest BCUT2D eigenvalue weighted by atomic mass is 19.1. The first-order valence-corrected chi connectivity index (χ1v) is 6.61. The van der Waals surface area contributed by atoms with Crippen LogP contribution in [-0.2, 0) is 6.54 Å². The van der Waals surface area contributed by atoms with Crippen molar-refractivity contribution in [3.8, 4) is 0 Å². The topological polar surface area (TPSA) is 12.0 Å². The molecule has 0 aliphatic heterocycles. The average molecular weight is 257 g/mol. The number of rotatable bonds is 4. The summed E-state index contributed by atoms with van der Waals surface area (Å²) in [6.45, 7) is 6.70. The van der Waals surface area contributed by atoms with E-state index < -0.39 is 0 Å². The zero-order chi connectivity index (χ0) is 13.8. The first-order valence-electron chi connectivity index (χ1n) is 6.61. The summed E-state index contributed by atoms with van der Waals surface area (Å²) >= 11 is 0. The Kier molecular flexibility index (Phi) is 4.33. The molecule has 0 saturated carbocycles. The Morgan fingerprint density at radius 2 is 1.79 bits per heavy atom. The molecule has 0 aliphatic rings. The summed E-state index contributed by atoms with van der Waals surface area (Å²) in [6.07, 6.45) is 0. The Bertz CT molecular complexity index is 563. The molecule has 2 aromatic rings. The van der Waals surface area contributed by atoms with Crippen molar-refractivity contribution in [2.75, 3.05) is 0 Å². The minimum Gasteiger partial charge on any atom is -0.306 e. The van der Waals surface area contributed by atoms with Gasteiger partial charge in [0.1, 0.15) is 5.82 Å². The Labute approximate surface area is 114 Å².